The first-order valence-corrected chi connectivity index (χ1v) is 9.38. The van der Waals surface area contributed by atoms with Gasteiger partial charge in [0.05, 0.1) is 19.8 Å². The summed E-state index contributed by atoms with van der Waals surface area (Å²) in [6.07, 6.45) is 4.22. The van der Waals surface area contributed by atoms with Crippen LogP contribution in [0.25, 0.3) is 0 Å². The van der Waals surface area contributed by atoms with Gasteiger partial charge in [0.25, 0.3) is 0 Å². The Morgan fingerprint density at radius 1 is 1.00 bits per heavy atom. The lowest BCUT2D eigenvalue weighted by molar-refractivity contribution is -0.185. The maximum absolute atomic E-state index is 12.3. The van der Waals surface area contributed by atoms with Crippen molar-refractivity contribution < 1.29 is 14.3 Å². The highest BCUT2D eigenvalue weighted by molar-refractivity contribution is 5.92. The second-order valence-electron chi connectivity index (χ2n) is 7.17. The molecule has 1 spiro atoms. The zero-order valence-electron chi connectivity index (χ0n) is 14.7. The van der Waals surface area contributed by atoms with E-state index in [2.05, 4.69) is 27.2 Å². The first-order chi connectivity index (χ1) is 12.2. The molecule has 0 radical (unpaired) electrons. The Labute approximate surface area is 149 Å². The topological polar surface area (TPSA) is 54.0 Å². The number of anilines is 2. The monoisotopic (exact) mass is 345 g/mol. The predicted octanol–water partition coefficient (Wildman–Crippen LogP) is 2.06. The van der Waals surface area contributed by atoms with Gasteiger partial charge in [0.15, 0.2) is 5.79 Å². The normalized spacial score (nSPS) is 23.3. The van der Waals surface area contributed by atoms with E-state index < -0.39 is 0 Å². The molecule has 136 valence electrons. The number of carbonyl (C=O) groups is 1. The molecule has 6 nitrogen and oxygen atoms in total. The molecule has 0 unspecified atom stereocenters. The van der Waals surface area contributed by atoms with Crippen LogP contribution in [0.2, 0.25) is 0 Å². The van der Waals surface area contributed by atoms with Crippen LogP contribution in [-0.4, -0.2) is 62.5 Å². The average Bonchev–Trinajstić information content (AvgIpc) is 3.30. The maximum Gasteiger partial charge on any atom is 0.238 e. The van der Waals surface area contributed by atoms with Crippen molar-refractivity contribution in [1.82, 2.24) is 4.90 Å². The second kappa shape index (κ2) is 7.32. The number of hydrogen-bond acceptors (Lipinski definition) is 5. The lowest BCUT2D eigenvalue weighted by atomic mass is 10.0. The molecule has 0 aromatic heterocycles. The minimum atomic E-state index is -0.377. The number of nitrogens with zero attached hydrogens (tertiary/aromatic N) is 2. The summed E-state index contributed by atoms with van der Waals surface area (Å²) in [5.41, 5.74) is 2.11. The van der Waals surface area contributed by atoms with Crippen LogP contribution in [0.1, 0.15) is 25.7 Å². The number of hydrogen-bond donors (Lipinski definition) is 1. The molecule has 0 saturated carbocycles. The Hall–Kier alpha value is -1.63. The Morgan fingerprint density at radius 2 is 1.64 bits per heavy atom. The lowest BCUT2D eigenvalue weighted by Gasteiger charge is -2.37. The first-order valence-electron chi connectivity index (χ1n) is 9.38. The summed E-state index contributed by atoms with van der Waals surface area (Å²) in [5.74, 6) is -0.337. The highest BCUT2D eigenvalue weighted by Gasteiger charge is 2.39. The quantitative estimate of drug-likeness (QED) is 0.905. The Kier molecular flexibility index (Phi) is 4.92. The zero-order chi connectivity index (χ0) is 17.1. The van der Waals surface area contributed by atoms with Crippen LogP contribution >= 0.6 is 0 Å². The summed E-state index contributed by atoms with van der Waals surface area (Å²) in [5, 5.41) is 3.01. The standard InChI is InChI=1S/C19H27N3O3/c23-18(15-21-11-7-19(8-12-21)24-13-14-25-19)20-16-3-5-17(6-4-16)22-9-1-2-10-22/h3-6H,1-2,7-15H2,(H,20,23). The fourth-order valence-corrected chi connectivity index (χ4v) is 3.97. The molecular weight excluding hydrogens is 318 g/mol. The van der Waals surface area contributed by atoms with Crippen molar-refractivity contribution in [3.8, 4) is 0 Å². The molecule has 3 aliphatic heterocycles. The van der Waals surface area contributed by atoms with E-state index in [1.54, 1.807) is 0 Å². The minimum Gasteiger partial charge on any atom is -0.372 e. The van der Waals surface area contributed by atoms with Gasteiger partial charge in [-0.25, -0.2) is 0 Å². The van der Waals surface area contributed by atoms with Gasteiger partial charge in [0.2, 0.25) is 5.91 Å². The molecule has 3 saturated heterocycles. The van der Waals surface area contributed by atoms with Crippen molar-refractivity contribution in [2.75, 3.05) is 56.2 Å². The van der Waals surface area contributed by atoms with Crippen molar-refractivity contribution >= 4 is 17.3 Å². The van der Waals surface area contributed by atoms with Crippen molar-refractivity contribution in [2.45, 2.75) is 31.5 Å². The number of rotatable bonds is 4. The fraction of sp³-hybridized carbons (Fsp3) is 0.632. The average molecular weight is 345 g/mol. The fourth-order valence-electron chi connectivity index (χ4n) is 3.97. The summed E-state index contributed by atoms with van der Waals surface area (Å²) in [4.78, 5) is 16.9. The molecule has 3 fully saturated rings. The van der Waals surface area contributed by atoms with E-state index in [1.807, 2.05) is 12.1 Å². The van der Waals surface area contributed by atoms with Gasteiger partial charge >= 0.3 is 0 Å². The summed E-state index contributed by atoms with van der Waals surface area (Å²) in [6.45, 7) is 5.74. The third-order valence-corrected chi connectivity index (χ3v) is 5.42. The van der Waals surface area contributed by atoms with E-state index in [1.165, 1.54) is 18.5 Å². The van der Waals surface area contributed by atoms with Crippen LogP contribution in [0.3, 0.4) is 0 Å². The third kappa shape index (κ3) is 3.97. The molecule has 1 amide bonds. The largest absolute Gasteiger partial charge is 0.372 e. The summed E-state index contributed by atoms with van der Waals surface area (Å²) >= 11 is 0. The molecule has 1 N–H and O–H groups in total. The lowest BCUT2D eigenvalue weighted by Crippen LogP contribution is -2.47. The minimum absolute atomic E-state index is 0.0399. The van der Waals surface area contributed by atoms with E-state index in [0.29, 0.717) is 19.8 Å². The smallest absolute Gasteiger partial charge is 0.238 e. The van der Waals surface area contributed by atoms with Crippen LogP contribution < -0.4 is 10.2 Å². The van der Waals surface area contributed by atoms with Gasteiger partial charge in [0.1, 0.15) is 0 Å². The molecule has 1 aromatic carbocycles. The van der Waals surface area contributed by atoms with Crippen LogP contribution in [-0.2, 0) is 14.3 Å². The second-order valence-corrected chi connectivity index (χ2v) is 7.17. The van der Waals surface area contributed by atoms with E-state index >= 15 is 0 Å². The van der Waals surface area contributed by atoms with E-state index in [4.69, 9.17) is 9.47 Å². The van der Waals surface area contributed by atoms with Crippen LogP contribution in [0.5, 0.6) is 0 Å². The van der Waals surface area contributed by atoms with Crippen molar-refractivity contribution in [2.24, 2.45) is 0 Å². The Morgan fingerprint density at radius 3 is 2.28 bits per heavy atom. The van der Waals surface area contributed by atoms with Gasteiger partial charge in [-0.15, -0.1) is 0 Å². The van der Waals surface area contributed by atoms with Crippen LogP contribution in [0.15, 0.2) is 24.3 Å². The zero-order valence-corrected chi connectivity index (χ0v) is 14.7. The number of carbonyl (C=O) groups excluding carboxylic acids is 1. The van der Waals surface area contributed by atoms with E-state index in [-0.39, 0.29) is 11.7 Å². The van der Waals surface area contributed by atoms with E-state index in [9.17, 15) is 4.79 Å². The van der Waals surface area contributed by atoms with Crippen molar-refractivity contribution in [3.63, 3.8) is 0 Å². The molecule has 1 aromatic rings. The highest BCUT2D eigenvalue weighted by Crippen LogP contribution is 2.31. The van der Waals surface area contributed by atoms with Crippen molar-refractivity contribution in [3.05, 3.63) is 24.3 Å². The first kappa shape index (κ1) is 16.8. The summed E-state index contributed by atoms with van der Waals surface area (Å²) in [7, 11) is 0. The Bertz CT molecular complexity index is 582. The van der Waals surface area contributed by atoms with Crippen LogP contribution in [0, 0.1) is 0 Å². The maximum atomic E-state index is 12.3. The number of likely N-dealkylation sites (tertiary alicyclic amines) is 1. The summed E-state index contributed by atoms with van der Waals surface area (Å²) in [6, 6.07) is 8.19. The third-order valence-electron chi connectivity index (χ3n) is 5.42. The number of ether oxygens (including phenoxy) is 2. The molecule has 0 aliphatic carbocycles. The van der Waals surface area contributed by atoms with Crippen molar-refractivity contribution in [1.29, 1.82) is 0 Å². The number of benzene rings is 1. The SMILES string of the molecule is O=C(CN1CCC2(CC1)OCCO2)Nc1ccc(N2CCCC2)cc1. The molecule has 6 heteroatoms. The summed E-state index contributed by atoms with van der Waals surface area (Å²) < 4.78 is 11.5. The van der Waals surface area contributed by atoms with Gasteiger partial charge in [-0.2, -0.15) is 0 Å². The van der Waals surface area contributed by atoms with Gasteiger partial charge in [-0.3, -0.25) is 9.69 Å². The van der Waals surface area contributed by atoms with E-state index in [0.717, 1.165) is 44.7 Å². The van der Waals surface area contributed by atoms with Gasteiger partial charge in [-0.1, -0.05) is 0 Å². The molecule has 25 heavy (non-hydrogen) atoms. The molecular formula is C19H27N3O3. The molecule has 4 rings (SSSR count). The number of piperidine rings is 1. The predicted molar refractivity (Wildman–Crippen MR) is 96.8 cm³/mol. The number of nitrogens with one attached hydrogen (secondary N) is 1. The molecule has 0 atom stereocenters. The molecule has 3 aliphatic rings. The molecule has 3 heterocycles. The van der Waals surface area contributed by atoms with Gasteiger partial charge < -0.3 is 19.7 Å². The highest BCUT2D eigenvalue weighted by atomic mass is 16.7. The van der Waals surface area contributed by atoms with Crippen LogP contribution in [0.4, 0.5) is 11.4 Å². The Balaban J connectivity index is 1.25. The molecule has 0 bridgehead atoms. The number of amides is 1. The van der Waals surface area contributed by atoms with Gasteiger partial charge in [-0.05, 0) is 37.1 Å². The van der Waals surface area contributed by atoms with Gasteiger partial charge in [0, 0.05) is 50.4 Å².